The number of anilines is 1. The fourth-order valence-electron chi connectivity index (χ4n) is 2.65. The monoisotopic (exact) mass is 277 g/mol. The number of benzene rings is 1. The van der Waals surface area contributed by atoms with E-state index in [1.807, 2.05) is 45.0 Å². The molecule has 0 radical (unpaired) electrons. The van der Waals surface area contributed by atoms with Crippen molar-refractivity contribution in [1.82, 2.24) is 0 Å². The Labute approximate surface area is 120 Å². The molecule has 1 aliphatic rings. The number of aliphatic hydroxyl groups is 1. The van der Waals surface area contributed by atoms with Crippen molar-refractivity contribution in [3.63, 3.8) is 0 Å². The minimum atomic E-state index is -0.288. The van der Waals surface area contributed by atoms with E-state index in [1.54, 1.807) is 0 Å². The van der Waals surface area contributed by atoms with E-state index >= 15 is 0 Å². The molecular formula is C16H23NO3. The minimum Gasteiger partial charge on any atom is -0.394 e. The highest BCUT2D eigenvalue weighted by Gasteiger charge is 2.33. The van der Waals surface area contributed by atoms with Gasteiger partial charge in [0.05, 0.1) is 18.3 Å². The Bertz CT molecular complexity index is 467. The number of hydrogen-bond acceptors (Lipinski definition) is 4. The third-order valence-electron chi connectivity index (χ3n) is 3.56. The van der Waals surface area contributed by atoms with Gasteiger partial charge in [-0.1, -0.05) is 6.92 Å². The van der Waals surface area contributed by atoms with E-state index in [4.69, 9.17) is 4.74 Å². The van der Waals surface area contributed by atoms with Crippen molar-refractivity contribution in [1.29, 1.82) is 0 Å². The number of hydrogen-bond donors (Lipinski definition) is 1. The van der Waals surface area contributed by atoms with Gasteiger partial charge in [0.25, 0.3) is 0 Å². The third kappa shape index (κ3) is 3.38. The van der Waals surface area contributed by atoms with Crippen molar-refractivity contribution in [3.8, 4) is 0 Å². The van der Waals surface area contributed by atoms with Gasteiger partial charge in [0.15, 0.2) is 5.78 Å². The van der Waals surface area contributed by atoms with E-state index in [-0.39, 0.29) is 24.1 Å². The largest absolute Gasteiger partial charge is 0.394 e. The first-order chi connectivity index (χ1) is 9.45. The molecule has 0 amide bonds. The lowest BCUT2D eigenvalue weighted by molar-refractivity contribution is -0.101. The van der Waals surface area contributed by atoms with Crippen molar-refractivity contribution >= 4 is 11.5 Å². The number of ether oxygens (including phenoxy) is 1. The summed E-state index contributed by atoms with van der Waals surface area (Å²) in [4.78, 5) is 13.8. The van der Waals surface area contributed by atoms with Gasteiger partial charge < -0.3 is 14.7 Å². The average molecular weight is 277 g/mol. The molecule has 20 heavy (non-hydrogen) atoms. The number of morpholine rings is 1. The third-order valence-corrected chi connectivity index (χ3v) is 3.56. The van der Waals surface area contributed by atoms with Crippen LogP contribution in [-0.2, 0) is 4.74 Å². The van der Waals surface area contributed by atoms with Gasteiger partial charge in [-0.15, -0.1) is 0 Å². The van der Waals surface area contributed by atoms with Gasteiger partial charge in [-0.2, -0.15) is 0 Å². The summed E-state index contributed by atoms with van der Waals surface area (Å²) in [5, 5.41) is 9.34. The first-order valence-corrected chi connectivity index (χ1v) is 7.12. The summed E-state index contributed by atoms with van der Waals surface area (Å²) in [7, 11) is 0. The molecule has 0 aliphatic carbocycles. The highest BCUT2D eigenvalue weighted by atomic mass is 16.5. The zero-order valence-corrected chi connectivity index (χ0v) is 12.4. The van der Waals surface area contributed by atoms with Gasteiger partial charge in [0.1, 0.15) is 0 Å². The van der Waals surface area contributed by atoms with E-state index in [2.05, 4.69) is 4.90 Å². The van der Waals surface area contributed by atoms with Crippen LogP contribution < -0.4 is 4.90 Å². The molecule has 1 N–H and O–H groups in total. The molecule has 1 fully saturated rings. The number of aliphatic hydroxyl groups excluding tert-OH is 1. The van der Waals surface area contributed by atoms with Crippen LogP contribution in [0.5, 0.6) is 0 Å². The molecule has 1 aliphatic heterocycles. The predicted octanol–water partition coefficient (Wildman–Crippen LogP) is 2.26. The normalized spacial score (nSPS) is 21.8. The summed E-state index contributed by atoms with van der Waals surface area (Å²) in [5.41, 5.74) is 1.53. The summed E-state index contributed by atoms with van der Waals surface area (Å²) >= 11 is 0. The van der Waals surface area contributed by atoms with E-state index in [1.165, 1.54) is 0 Å². The van der Waals surface area contributed by atoms with Crippen molar-refractivity contribution in [2.75, 3.05) is 24.6 Å². The van der Waals surface area contributed by atoms with Gasteiger partial charge in [0.2, 0.25) is 0 Å². The topological polar surface area (TPSA) is 49.8 Å². The molecule has 4 heteroatoms. The molecule has 1 aromatic carbocycles. The van der Waals surface area contributed by atoms with Crippen molar-refractivity contribution in [3.05, 3.63) is 29.8 Å². The van der Waals surface area contributed by atoms with Crippen molar-refractivity contribution < 1.29 is 14.6 Å². The van der Waals surface area contributed by atoms with Gasteiger partial charge >= 0.3 is 0 Å². The van der Waals surface area contributed by atoms with E-state index in [9.17, 15) is 9.90 Å². The maximum Gasteiger partial charge on any atom is 0.162 e. The molecular weight excluding hydrogens is 254 g/mol. The maximum absolute atomic E-state index is 11.6. The lowest BCUT2D eigenvalue weighted by Gasteiger charge is -2.43. The lowest BCUT2D eigenvalue weighted by atomic mass is 10.0. The summed E-state index contributed by atoms with van der Waals surface area (Å²) in [6, 6.07) is 7.69. The Morgan fingerprint density at radius 3 is 2.60 bits per heavy atom. The van der Waals surface area contributed by atoms with E-state index in [0.717, 1.165) is 17.8 Å². The van der Waals surface area contributed by atoms with Crippen LogP contribution in [0.25, 0.3) is 0 Å². The zero-order chi connectivity index (χ0) is 14.8. The van der Waals surface area contributed by atoms with Gasteiger partial charge in [-0.3, -0.25) is 4.79 Å². The van der Waals surface area contributed by atoms with Gasteiger partial charge in [0, 0.05) is 30.8 Å². The Morgan fingerprint density at radius 1 is 1.40 bits per heavy atom. The molecule has 1 atom stereocenters. The second kappa shape index (κ2) is 5.94. The molecule has 1 heterocycles. The molecule has 1 saturated heterocycles. The molecule has 0 bridgehead atoms. The Balaban J connectivity index is 2.16. The van der Waals surface area contributed by atoms with E-state index < -0.39 is 0 Å². The van der Waals surface area contributed by atoms with Crippen molar-refractivity contribution in [2.24, 2.45) is 0 Å². The maximum atomic E-state index is 11.6. The second-order valence-electron chi connectivity index (χ2n) is 5.89. The summed E-state index contributed by atoms with van der Waals surface area (Å²) in [6.07, 6.45) is 0.354. The van der Waals surface area contributed by atoms with Gasteiger partial charge in [-0.05, 0) is 38.1 Å². The van der Waals surface area contributed by atoms with Crippen LogP contribution in [0.15, 0.2) is 24.3 Å². The number of Topliss-reactive ketones (excluding diaryl/α,β-unsaturated/α-hetero) is 1. The molecule has 0 aromatic heterocycles. The fourth-order valence-corrected chi connectivity index (χ4v) is 2.65. The molecule has 0 saturated carbocycles. The summed E-state index contributed by atoms with van der Waals surface area (Å²) in [6.45, 7) is 7.37. The van der Waals surface area contributed by atoms with Crippen molar-refractivity contribution in [2.45, 2.75) is 38.9 Å². The predicted molar refractivity (Wildman–Crippen MR) is 79.3 cm³/mol. The van der Waals surface area contributed by atoms with Gasteiger partial charge in [-0.25, -0.2) is 0 Å². The Morgan fingerprint density at radius 2 is 2.05 bits per heavy atom. The quantitative estimate of drug-likeness (QED) is 0.858. The molecule has 1 aromatic rings. The first kappa shape index (κ1) is 15.0. The first-order valence-electron chi connectivity index (χ1n) is 7.12. The molecule has 110 valence electrons. The molecule has 1 unspecified atom stereocenters. The highest BCUT2D eigenvalue weighted by molar-refractivity contribution is 5.96. The lowest BCUT2D eigenvalue weighted by Crippen LogP contribution is -2.54. The average Bonchev–Trinajstić information content (AvgIpc) is 2.44. The standard InChI is InChI=1S/C16H23NO3/c1-4-15(19)12-5-7-13(8-6-12)17-9-14(10-18)20-16(2,3)11-17/h5-8,14,18H,4,9-11H2,1-3H3. The van der Waals surface area contributed by atoms with Crippen LogP contribution in [0.1, 0.15) is 37.6 Å². The molecule has 4 nitrogen and oxygen atoms in total. The summed E-state index contributed by atoms with van der Waals surface area (Å²) in [5.74, 6) is 0.159. The van der Waals surface area contributed by atoms with Crippen LogP contribution in [0.2, 0.25) is 0 Å². The van der Waals surface area contributed by atoms with Crippen LogP contribution >= 0.6 is 0 Å². The van der Waals surface area contributed by atoms with Crippen LogP contribution in [0, 0.1) is 0 Å². The SMILES string of the molecule is CCC(=O)c1ccc(N2CC(CO)OC(C)(C)C2)cc1. The number of ketones is 1. The summed E-state index contributed by atoms with van der Waals surface area (Å²) < 4.78 is 5.81. The van der Waals surface area contributed by atoms with Crippen LogP contribution in [-0.4, -0.2) is 42.3 Å². The van der Waals surface area contributed by atoms with E-state index in [0.29, 0.717) is 13.0 Å². The smallest absolute Gasteiger partial charge is 0.162 e. The number of rotatable bonds is 4. The van der Waals surface area contributed by atoms with Crippen LogP contribution in [0.4, 0.5) is 5.69 Å². The Hall–Kier alpha value is -1.39. The number of carbonyl (C=O) groups excluding carboxylic acids is 1. The minimum absolute atomic E-state index is 0.0202. The highest BCUT2D eigenvalue weighted by Crippen LogP contribution is 2.26. The fraction of sp³-hybridized carbons (Fsp3) is 0.562. The molecule has 0 spiro atoms. The zero-order valence-electron chi connectivity index (χ0n) is 12.4. The Kier molecular flexibility index (Phi) is 4.45. The number of nitrogens with zero attached hydrogens (tertiary/aromatic N) is 1. The van der Waals surface area contributed by atoms with Crippen LogP contribution in [0.3, 0.4) is 0 Å². The number of carbonyl (C=O) groups is 1. The second-order valence-corrected chi connectivity index (χ2v) is 5.89. The molecule has 2 rings (SSSR count).